The first-order chi connectivity index (χ1) is 8.42. The van der Waals surface area contributed by atoms with E-state index in [0.717, 1.165) is 10.2 Å². The summed E-state index contributed by atoms with van der Waals surface area (Å²) in [5.74, 6) is 0.526. The van der Waals surface area contributed by atoms with Gasteiger partial charge in [0.2, 0.25) is 5.91 Å². The van der Waals surface area contributed by atoms with E-state index in [4.69, 9.17) is 10.5 Å². The lowest BCUT2D eigenvalue weighted by atomic mass is 9.93. The molecule has 0 saturated heterocycles. The summed E-state index contributed by atoms with van der Waals surface area (Å²) in [5, 5.41) is 3.15. The minimum absolute atomic E-state index is 0.302. The zero-order chi connectivity index (χ0) is 13.6. The number of halogens is 1. The lowest BCUT2D eigenvalue weighted by Gasteiger charge is -2.20. The molecule has 0 spiro atoms. The highest BCUT2D eigenvalue weighted by atomic mass is 79.9. The molecule has 0 aliphatic rings. The van der Waals surface area contributed by atoms with Gasteiger partial charge in [-0.2, -0.15) is 0 Å². The van der Waals surface area contributed by atoms with E-state index in [1.807, 2.05) is 38.1 Å². The van der Waals surface area contributed by atoms with Gasteiger partial charge < -0.3 is 15.8 Å². The number of primary amides is 1. The molecule has 5 heteroatoms. The molecule has 0 bridgehead atoms. The molecule has 1 aromatic carbocycles. The third-order valence-corrected chi connectivity index (χ3v) is 3.12. The fourth-order valence-electron chi connectivity index (χ4n) is 1.26. The Labute approximate surface area is 116 Å². The number of nitrogens with one attached hydrogen (secondary N) is 1. The number of hydrogen-bond acceptors (Lipinski definition) is 3. The summed E-state index contributed by atoms with van der Waals surface area (Å²) in [5.41, 5.74) is 4.75. The van der Waals surface area contributed by atoms with Crippen LogP contribution in [-0.2, 0) is 4.79 Å². The van der Waals surface area contributed by atoms with Crippen molar-refractivity contribution in [1.82, 2.24) is 5.32 Å². The smallest absolute Gasteiger partial charge is 0.224 e. The zero-order valence-corrected chi connectivity index (χ0v) is 12.3. The molecule has 100 valence electrons. The molecule has 0 atom stereocenters. The monoisotopic (exact) mass is 314 g/mol. The molecule has 0 heterocycles. The van der Waals surface area contributed by atoms with Crippen molar-refractivity contribution in [2.45, 2.75) is 13.8 Å². The Balaban J connectivity index is 2.20. The Bertz CT molecular complexity index is 390. The summed E-state index contributed by atoms with van der Waals surface area (Å²) in [6.07, 6.45) is 0. The minimum Gasteiger partial charge on any atom is -0.492 e. The van der Waals surface area contributed by atoms with Crippen molar-refractivity contribution in [2.75, 3.05) is 19.7 Å². The van der Waals surface area contributed by atoms with Crippen LogP contribution in [0.3, 0.4) is 0 Å². The third-order valence-electron chi connectivity index (χ3n) is 2.60. The molecule has 1 amide bonds. The van der Waals surface area contributed by atoms with Crippen molar-refractivity contribution in [3.8, 4) is 5.75 Å². The number of benzene rings is 1. The molecule has 0 aliphatic heterocycles. The van der Waals surface area contributed by atoms with Crippen LogP contribution in [0, 0.1) is 5.41 Å². The Kier molecular flexibility index (Phi) is 5.62. The Morgan fingerprint density at radius 3 is 2.56 bits per heavy atom. The van der Waals surface area contributed by atoms with Crippen LogP contribution in [0.2, 0.25) is 0 Å². The van der Waals surface area contributed by atoms with Crippen molar-refractivity contribution < 1.29 is 9.53 Å². The lowest BCUT2D eigenvalue weighted by Crippen LogP contribution is -2.41. The molecule has 1 rings (SSSR count). The van der Waals surface area contributed by atoms with Crippen LogP contribution < -0.4 is 15.8 Å². The quantitative estimate of drug-likeness (QED) is 0.756. The fourth-order valence-corrected chi connectivity index (χ4v) is 1.52. The Hall–Kier alpha value is -1.07. The summed E-state index contributed by atoms with van der Waals surface area (Å²) < 4.78 is 6.56. The summed E-state index contributed by atoms with van der Waals surface area (Å²) in [4.78, 5) is 11.1. The average molecular weight is 315 g/mol. The number of rotatable bonds is 7. The topological polar surface area (TPSA) is 64.3 Å². The number of nitrogens with two attached hydrogens (primary N) is 1. The van der Waals surface area contributed by atoms with E-state index in [-0.39, 0.29) is 5.91 Å². The number of ether oxygens (including phenoxy) is 1. The van der Waals surface area contributed by atoms with E-state index < -0.39 is 5.41 Å². The van der Waals surface area contributed by atoms with Crippen LogP contribution in [0.4, 0.5) is 0 Å². The van der Waals surface area contributed by atoms with Gasteiger partial charge in [0.25, 0.3) is 0 Å². The minimum atomic E-state index is -0.530. The molecule has 0 radical (unpaired) electrons. The molecular weight excluding hydrogens is 296 g/mol. The van der Waals surface area contributed by atoms with Gasteiger partial charge in [0.15, 0.2) is 0 Å². The molecule has 1 aromatic rings. The number of carbonyl (C=O) groups is 1. The van der Waals surface area contributed by atoms with Gasteiger partial charge in [-0.15, -0.1) is 0 Å². The van der Waals surface area contributed by atoms with Crippen molar-refractivity contribution in [3.05, 3.63) is 28.7 Å². The van der Waals surface area contributed by atoms with Gasteiger partial charge in [0, 0.05) is 17.6 Å². The first-order valence-corrected chi connectivity index (χ1v) is 6.60. The predicted molar refractivity (Wildman–Crippen MR) is 75.5 cm³/mol. The van der Waals surface area contributed by atoms with Crippen LogP contribution in [0.15, 0.2) is 28.7 Å². The fraction of sp³-hybridized carbons (Fsp3) is 0.462. The molecule has 0 saturated carbocycles. The van der Waals surface area contributed by atoms with E-state index in [9.17, 15) is 4.79 Å². The molecular formula is C13H19BrN2O2. The molecule has 18 heavy (non-hydrogen) atoms. The number of carbonyl (C=O) groups excluding carboxylic acids is 1. The van der Waals surface area contributed by atoms with Crippen LogP contribution in [0.25, 0.3) is 0 Å². The Morgan fingerprint density at radius 2 is 2.00 bits per heavy atom. The molecule has 0 aromatic heterocycles. The van der Waals surface area contributed by atoms with Gasteiger partial charge in [-0.1, -0.05) is 15.9 Å². The normalized spacial score (nSPS) is 11.3. The zero-order valence-electron chi connectivity index (χ0n) is 10.7. The largest absolute Gasteiger partial charge is 0.492 e. The first kappa shape index (κ1) is 15.0. The summed E-state index contributed by atoms with van der Waals surface area (Å²) >= 11 is 3.36. The molecule has 0 unspecified atom stereocenters. The highest BCUT2D eigenvalue weighted by molar-refractivity contribution is 9.10. The van der Waals surface area contributed by atoms with Crippen LogP contribution in [-0.4, -0.2) is 25.6 Å². The average Bonchev–Trinajstić information content (AvgIpc) is 2.31. The van der Waals surface area contributed by atoms with Gasteiger partial charge >= 0.3 is 0 Å². The van der Waals surface area contributed by atoms with Crippen molar-refractivity contribution >= 4 is 21.8 Å². The molecule has 4 nitrogen and oxygen atoms in total. The molecule has 0 fully saturated rings. The maximum Gasteiger partial charge on any atom is 0.224 e. The standard InChI is InChI=1S/C13H19BrN2O2/c1-13(2,12(15)17)9-16-7-8-18-11-5-3-10(14)4-6-11/h3-6,16H,7-9H2,1-2H3,(H2,15,17). The summed E-state index contributed by atoms with van der Waals surface area (Å²) in [6, 6.07) is 7.66. The second-order valence-electron chi connectivity index (χ2n) is 4.73. The molecule has 3 N–H and O–H groups in total. The van der Waals surface area contributed by atoms with E-state index in [0.29, 0.717) is 19.7 Å². The number of hydrogen-bond donors (Lipinski definition) is 2. The third kappa shape index (κ3) is 5.06. The number of amides is 1. The highest BCUT2D eigenvalue weighted by Crippen LogP contribution is 2.16. The Morgan fingerprint density at radius 1 is 1.39 bits per heavy atom. The maximum atomic E-state index is 11.1. The van der Waals surface area contributed by atoms with Gasteiger partial charge in [0.05, 0.1) is 5.41 Å². The summed E-state index contributed by atoms with van der Waals surface area (Å²) in [6.45, 7) is 5.41. The van der Waals surface area contributed by atoms with Crippen molar-refractivity contribution in [2.24, 2.45) is 11.1 Å². The van der Waals surface area contributed by atoms with Crippen LogP contribution in [0.1, 0.15) is 13.8 Å². The van der Waals surface area contributed by atoms with Gasteiger partial charge in [0.1, 0.15) is 12.4 Å². The van der Waals surface area contributed by atoms with Crippen molar-refractivity contribution in [1.29, 1.82) is 0 Å². The van der Waals surface area contributed by atoms with Crippen molar-refractivity contribution in [3.63, 3.8) is 0 Å². The second-order valence-corrected chi connectivity index (χ2v) is 5.64. The lowest BCUT2D eigenvalue weighted by molar-refractivity contribution is -0.125. The van der Waals surface area contributed by atoms with Gasteiger partial charge in [-0.05, 0) is 38.1 Å². The maximum absolute atomic E-state index is 11.1. The van der Waals surface area contributed by atoms with E-state index >= 15 is 0 Å². The van der Waals surface area contributed by atoms with E-state index in [1.165, 1.54) is 0 Å². The van der Waals surface area contributed by atoms with Gasteiger partial charge in [-0.3, -0.25) is 4.79 Å². The van der Waals surface area contributed by atoms with E-state index in [2.05, 4.69) is 21.2 Å². The highest BCUT2D eigenvalue weighted by Gasteiger charge is 2.23. The second kappa shape index (κ2) is 6.75. The molecule has 0 aliphatic carbocycles. The van der Waals surface area contributed by atoms with Gasteiger partial charge in [-0.25, -0.2) is 0 Å². The van der Waals surface area contributed by atoms with Crippen LogP contribution >= 0.6 is 15.9 Å². The first-order valence-electron chi connectivity index (χ1n) is 5.81. The SMILES string of the molecule is CC(C)(CNCCOc1ccc(Br)cc1)C(N)=O. The van der Waals surface area contributed by atoms with Crippen LogP contribution in [0.5, 0.6) is 5.75 Å². The summed E-state index contributed by atoms with van der Waals surface area (Å²) in [7, 11) is 0. The predicted octanol–water partition coefficient (Wildman–Crippen LogP) is 1.93. The van der Waals surface area contributed by atoms with E-state index in [1.54, 1.807) is 0 Å².